The number of benzene rings is 1. The highest BCUT2D eigenvalue weighted by molar-refractivity contribution is 5.65. The summed E-state index contributed by atoms with van der Waals surface area (Å²) in [5.41, 5.74) is 3.82. The third kappa shape index (κ3) is 2.10. The van der Waals surface area contributed by atoms with Crippen molar-refractivity contribution in [1.29, 1.82) is 0 Å². The topological polar surface area (TPSA) is 32.3 Å². The molecule has 1 fully saturated rings. The number of hydrogen-bond acceptors (Lipinski definition) is 2. The third-order valence-electron chi connectivity index (χ3n) is 5.39. The van der Waals surface area contributed by atoms with Crippen molar-refractivity contribution in [1.82, 2.24) is 5.32 Å². The van der Waals surface area contributed by atoms with Crippen LogP contribution in [0.4, 0.5) is 0 Å². The van der Waals surface area contributed by atoms with Crippen molar-refractivity contribution in [2.24, 2.45) is 5.92 Å². The standard InChI is InChI=1S/C20H23NO/c22-20(17-11-13-21-14-12-17)18-7-3-1-5-15(18)9-10-16-6-2-4-8-19(16)20/h1,3-5,7-10,17,21-22H,2,6,11-14H2. The summed E-state index contributed by atoms with van der Waals surface area (Å²) in [6, 6.07) is 8.35. The largest absolute Gasteiger partial charge is 0.380 e. The number of piperidine rings is 1. The normalized spacial score (nSPS) is 28.2. The Bertz CT molecular complexity index is 664. The Morgan fingerprint density at radius 1 is 1.05 bits per heavy atom. The molecule has 2 aliphatic carbocycles. The zero-order valence-corrected chi connectivity index (χ0v) is 12.9. The van der Waals surface area contributed by atoms with E-state index in [1.165, 1.54) is 5.57 Å². The van der Waals surface area contributed by atoms with Gasteiger partial charge in [-0.2, -0.15) is 0 Å². The smallest absolute Gasteiger partial charge is 0.118 e. The second-order valence-electron chi connectivity index (χ2n) is 6.59. The Kier molecular flexibility index (Phi) is 3.51. The van der Waals surface area contributed by atoms with Crippen LogP contribution in [-0.2, 0) is 5.60 Å². The average molecular weight is 293 g/mol. The van der Waals surface area contributed by atoms with Crippen molar-refractivity contribution in [3.05, 3.63) is 64.8 Å². The third-order valence-corrected chi connectivity index (χ3v) is 5.39. The fourth-order valence-electron chi connectivity index (χ4n) is 4.23. The van der Waals surface area contributed by atoms with Crippen molar-refractivity contribution >= 4 is 6.08 Å². The predicted molar refractivity (Wildman–Crippen MR) is 90.4 cm³/mol. The maximum Gasteiger partial charge on any atom is 0.118 e. The van der Waals surface area contributed by atoms with Crippen molar-refractivity contribution < 1.29 is 5.11 Å². The molecule has 114 valence electrons. The molecular formula is C20H23NO. The van der Waals surface area contributed by atoms with E-state index in [0.29, 0.717) is 0 Å². The van der Waals surface area contributed by atoms with Gasteiger partial charge in [0.05, 0.1) is 0 Å². The Hall–Kier alpha value is -1.64. The van der Waals surface area contributed by atoms with Crippen LogP contribution in [0, 0.1) is 5.92 Å². The van der Waals surface area contributed by atoms with Crippen LogP contribution < -0.4 is 5.32 Å². The Morgan fingerprint density at radius 3 is 2.73 bits per heavy atom. The van der Waals surface area contributed by atoms with Gasteiger partial charge in [-0.1, -0.05) is 48.6 Å². The number of allylic oxidation sites excluding steroid dienone is 3. The van der Waals surface area contributed by atoms with Gasteiger partial charge in [0.15, 0.2) is 0 Å². The minimum Gasteiger partial charge on any atom is -0.380 e. The fourth-order valence-corrected chi connectivity index (χ4v) is 4.23. The number of nitrogens with one attached hydrogen (secondary N) is 1. The van der Waals surface area contributed by atoms with Crippen LogP contribution in [0.3, 0.4) is 0 Å². The van der Waals surface area contributed by atoms with Gasteiger partial charge in [0.25, 0.3) is 0 Å². The molecule has 1 unspecified atom stereocenters. The van der Waals surface area contributed by atoms with Crippen LogP contribution in [0.15, 0.2) is 53.6 Å². The van der Waals surface area contributed by atoms with E-state index in [2.05, 4.69) is 53.9 Å². The summed E-state index contributed by atoms with van der Waals surface area (Å²) in [5.74, 6) is 0.280. The molecule has 1 aliphatic heterocycles. The van der Waals surface area contributed by atoms with E-state index in [0.717, 1.165) is 55.5 Å². The molecule has 0 bridgehead atoms. The van der Waals surface area contributed by atoms with Gasteiger partial charge in [0, 0.05) is 0 Å². The van der Waals surface area contributed by atoms with Crippen LogP contribution in [0.2, 0.25) is 0 Å². The van der Waals surface area contributed by atoms with Gasteiger partial charge < -0.3 is 10.4 Å². The van der Waals surface area contributed by atoms with Crippen LogP contribution in [0.1, 0.15) is 36.8 Å². The highest BCUT2D eigenvalue weighted by Gasteiger charge is 2.44. The lowest BCUT2D eigenvalue weighted by molar-refractivity contribution is 0.000690. The molecule has 1 aromatic carbocycles. The van der Waals surface area contributed by atoms with E-state index >= 15 is 0 Å². The maximum atomic E-state index is 11.9. The van der Waals surface area contributed by atoms with Crippen LogP contribution in [0.5, 0.6) is 0 Å². The second-order valence-corrected chi connectivity index (χ2v) is 6.59. The van der Waals surface area contributed by atoms with Crippen molar-refractivity contribution in [3.8, 4) is 0 Å². The van der Waals surface area contributed by atoms with Crippen molar-refractivity contribution in [2.75, 3.05) is 13.1 Å². The quantitative estimate of drug-likeness (QED) is 0.830. The monoisotopic (exact) mass is 293 g/mol. The van der Waals surface area contributed by atoms with Gasteiger partial charge >= 0.3 is 0 Å². The zero-order chi connectivity index (χ0) is 15.0. The fraction of sp³-hybridized carbons (Fsp3) is 0.400. The summed E-state index contributed by atoms with van der Waals surface area (Å²) in [6.45, 7) is 1.99. The lowest BCUT2D eigenvalue weighted by atomic mass is 9.69. The van der Waals surface area contributed by atoms with Gasteiger partial charge in [-0.05, 0) is 67.0 Å². The first-order chi connectivity index (χ1) is 10.8. The molecular weight excluding hydrogens is 270 g/mol. The van der Waals surface area contributed by atoms with E-state index < -0.39 is 5.60 Å². The van der Waals surface area contributed by atoms with Gasteiger partial charge in [-0.25, -0.2) is 0 Å². The summed E-state index contributed by atoms with van der Waals surface area (Å²) < 4.78 is 0. The molecule has 1 saturated heterocycles. The Labute approximate surface area is 132 Å². The lowest BCUT2D eigenvalue weighted by Gasteiger charge is -2.41. The summed E-state index contributed by atoms with van der Waals surface area (Å²) in [6.07, 6.45) is 12.9. The SMILES string of the molecule is OC1(C2CCNCC2)C2=C(C=Cc3ccccc31)CCC=C2. The number of fused-ring (bicyclic) bond motifs is 1. The summed E-state index contributed by atoms with van der Waals surface area (Å²) in [4.78, 5) is 0. The molecule has 0 amide bonds. The van der Waals surface area contributed by atoms with Gasteiger partial charge in [-0.3, -0.25) is 0 Å². The van der Waals surface area contributed by atoms with Crippen molar-refractivity contribution in [3.63, 3.8) is 0 Å². The van der Waals surface area contributed by atoms with Crippen LogP contribution >= 0.6 is 0 Å². The molecule has 0 radical (unpaired) electrons. The molecule has 2 nitrogen and oxygen atoms in total. The van der Waals surface area contributed by atoms with Crippen LogP contribution in [-0.4, -0.2) is 18.2 Å². The lowest BCUT2D eigenvalue weighted by Crippen LogP contribution is -2.43. The van der Waals surface area contributed by atoms with E-state index in [1.54, 1.807) is 0 Å². The molecule has 2 heteroatoms. The van der Waals surface area contributed by atoms with E-state index in [-0.39, 0.29) is 5.92 Å². The van der Waals surface area contributed by atoms with Crippen LogP contribution in [0.25, 0.3) is 6.08 Å². The number of hydrogen-bond donors (Lipinski definition) is 2. The maximum absolute atomic E-state index is 11.9. The molecule has 1 aromatic rings. The molecule has 1 atom stereocenters. The van der Waals surface area contributed by atoms with E-state index in [1.807, 2.05) is 0 Å². The Morgan fingerprint density at radius 2 is 1.86 bits per heavy atom. The Balaban J connectivity index is 1.92. The van der Waals surface area contributed by atoms with Gasteiger partial charge in [0.2, 0.25) is 0 Å². The minimum absolute atomic E-state index is 0.280. The molecule has 3 aliphatic rings. The molecule has 0 spiro atoms. The summed E-state index contributed by atoms with van der Waals surface area (Å²) in [7, 11) is 0. The van der Waals surface area contributed by atoms with Gasteiger partial charge in [0.1, 0.15) is 5.60 Å². The predicted octanol–water partition coefficient (Wildman–Crippen LogP) is 3.55. The van der Waals surface area contributed by atoms with Crippen molar-refractivity contribution in [2.45, 2.75) is 31.3 Å². The first-order valence-corrected chi connectivity index (χ1v) is 8.41. The second kappa shape index (κ2) is 5.53. The minimum atomic E-state index is -0.853. The number of rotatable bonds is 1. The first-order valence-electron chi connectivity index (χ1n) is 8.41. The molecule has 2 N–H and O–H groups in total. The molecule has 1 heterocycles. The number of aliphatic hydroxyl groups is 1. The molecule has 0 aromatic heterocycles. The summed E-state index contributed by atoms with van der Waals surface area (Å²) in [5, 5.41) is 15.4. The molecule has 0 saturated carbocycles. The molecule has 22 heavy (non-hydrogen) atoms. The first kappa shape index (κ1) is 14.0. The zero-order valence-electron chi connectivity index (χ0n) is 12.9. The molecule has 4 rings (SSSR count). The van der Waals surface area contributed by atoms with E-state index in [4.69, 9.17) is 0 Å². The van der Waals surface area contributed by atoms with E-state index in [9.17, 15) is 5.11 Å². The summed E-state index contributed by atoms with van der Waals surface area (Å²) >= 11 is 0. The highest BCUT2D eigenvalue weighted by atomic mass is 16.3. The average Bonchev–Trinajstić information content (AvgIpc) is 2.73. The van der Waals surface area contributed by atoms with Gasteiger partial charge in [-0.15, -0.1) is 0 Å². The highest BCUT2D eigenvalue weighted by Crippen LogP contribution is 2.47.